The summed E-state index contributed by atoms with van der Waals surface area (Å²) in [6.45, 7) is 2.35. The van der Waals surface area contributed by atoms with Crippen LogP contribution in [0.15, 0.2) is 48.5 Å². The summed E-state index contributed by atoms with van der Waals surface area (Å²) in [7, 11) is 3.04. The molecule has 9 heteroatoms. The molecular weight excluding hydrogens is 415 g/mol. The standard InChI is InChI=1S/C23H29FN4O4/c1-4-13-28(15-22(30)26-19-7-5-6-8-20(19)32-3)16-23(31)27(2)14-21(29)25-18-11-9-17(24)10-12-18/h5-12H,4,13-16H2,1-3H3,(H,25,29)(H,26,30). The van der Waals surface area contributed by atoms with Crippen LogP contribution >= 0.6 is 0 Å². The molecule has 0 atom stereocenters. The summed E-state index contributed by atoms with van der Waals surface area (Å²) in [6.07, 6.45) is 0.754. The molecule has 0 heterocycles. The second-order valence-corrected chi connectivity index (χ2v) is 7.26. The Hall–Kier alpha value is -3.46. The molecule has 2 N–H and O–H groups in total. The fourth-order valence-electron chi connectivity index (χ4n) is 3.02. The SMILES string of the molecule is CCCN(CC(=O)Nc1ccccc1OC)CC(=O)N(C)CC(=O)Nc1ccc(F)cc1. The molecule has 3 amide bonds. The highest BCUT2D eigenvalue weighted by Gasteiger charge is 2.19. The van der Waals surface area contributed by atoms with E-state index in [0.29, 0.717) is 23.7 Å². The Morgan fingerprint density at radius 2 is 1.59 bits per heavy atom. The van der Waals surface area contributed by atoms with Crippen LogP contribution in [-0.2, 0) is 14.4 Å². The molecular formula is C23H29FN4O4. The number of ether oxygens (including phenoxy) is 1. The van der Waals surface area contributed by atoms with Crippen LogP contribution in [0.2, 0.25) is 0 Å². The van der Waals surface area contributed by atoms with Gasteiger partial charge in [-0.2, -0.15) is 0 Å². The number of para-hydroxylation sites is 2. The number of benzene rings is 2. The van der Waals surface area contributed by atoms with Gasteiger partial charge >= 0.3 is 0 Å². The summed E-state index contributed by atoms with van der Waals surface area (Å²) in [6, 6.07) is 12.4. The van der Waals surface area contributed by atoms with Gasteiger partial charge in [0.05, 0.1) is 32.4 Å². The molecule has 0 aliphatic rings. The van der Waals surface area contributed by atoms with Crippen LogP contribution in [0.5, 0.6) is 5.75 Å². The molecule has 2 aromatic rings. The van der Waals surface area contributed by atoms with E-state index in [9.17, 15) is 18.8 Å². The van der Waals surface area contributed by atoms with E-state index in [1.165, 1.54) is 43.3 Å². The summed E-state index contributed by atoms with van der Waals surface area (Å²) >= 11 is 0. The number of hydrogen-bond acceptors (Lipinski definition) is 5. The zero-order valence-corrected chi connectivity index (χ0v) is 18.6. The number of halogens is 1. The smallest absolute Gasteiger partial charge is 0.243 e. The highest BCUT2D eigenvalue weighted by Crippen LogP contribution is 2.22. The number of amides is 3. The molecule has 8 nitrogen and oxygen atoms in total. The maximum absolute atomic E-state index is 13.0. The third kappa shape index (κ3) is 7.99. The van der Waals surface area contributed by atoms with Gasteiger partial charge in [-0.3, -0.25) is 19.3 Å². The molecule has 0 fully saturated rings. The van der Waals surface area contributed by atoms with Gasteiger partial charge in [-0.15, -0.1) is 0 Å². The van der Waals surface area contributed by atoms with E-state index in [-0.39, 0.29) is 31.4 Å². The normalized spacial score (nSPS) is 10.5. The number of nitrogens with one attached hydrogen (secondary N) is 2. The van der Waals surface area contributed by atoms with Gasteiger partial charge in [-0.25, -0.2) is 4.39 Å². The molecule has 0 radical (unpaired) electrons. The number of nitrogens with zero attached hydrogens (tertiary/aromatic N) is 2. The minimum atomic E-state index is -0.402. The van der Waals surface area contributed by atoms with Gasteiger partial charge in [0.15, 0.2) is 0 Å². The van der Waals surface area contributed by atoms with Crippen molar-refractivity contribution in [1.82, 2.24) is 9.80 Å². The van der Waals surface area contributed by atoms with E-state index >= 15 is 0 Å². The van der Waals surface area contributed by atoms with Crippen molar-refractivity contribution in [3.05, 3.63) is 54.3 Å². The van der Waals surface area contributed by atoms with Crippen molar-refractivity contribution in [3.63, 3.8) is 0 Å². The van der Waals surface area contributed by atoms with Crippen molar-refractivity contribution in [3.8, 4) is 5.75 Å². The lowest BCUT2D eigenvalue weighted by Crippen LogP contribution is -2.44. The first-order chi connectivity index (χ1) is 15.3. The van der Waals surface area contributed by atoms with Gasteiger partial charge in [0, 0.05) is 12.7 Å². The Labute approximate surface area is 187 Å². The fraction of sp³-hybridized carbons (Fsp3) is 0.348. The zero-order valence-electron chi connectivity index (χ0n) is 18.6. The average molecular weight is 445 g/mol. The number of methoxy groups -OCH3 is 1. The lowest BCUT2D eigenvalue weighted by molar-refractivity contribution is -0.134. The lowest BCUT2D eigenvalue weighted by Gasteiger charge is -2.24. The molecule has 172 valence electrons. The van der Waals surface area contributed by atoms with Crippen LogP contribution in [0.3, 0.4) is 0 Å². The molecule has 0 spiro atoms. The average Bonchev–Trinajstić information content (AvgIpc) is 2.75. The van der Waals surface area contributed by atoms with E-state index in [0.717, 1.165) is 6.42 Å². The highest BCUT2D eigenvalue weighted by molar-refractivity contribution is 5.95. The molecule has 0 aliphatic heterocycles. The number of anilines is 2. The molecule has 0 aromatic heterocycles. The van der Waals surface area contributed by atoms with E-state index in [4.69, 9.17) is 4.74 Å². The highest BCUT2D eigenvalue weighted by atomic mass is 19.1. The molecule has 0 aliphatic carbocycles. The Kier molecular flexibility index (Phi) is 9.62. The number of hydrogen-bond donors (Lipinski definition) is 2. The largest absolute Gasteiger partial charge is 0.495 e. The third-order valence-electron chi connectivity index (χ3n) is 4.58. The maximum Gasteiger partial charge on any atom is 0.243 e. The number of likely N-dealkylation sites (N-methyl/N-ethyl adjacent to an activating group) is 1. The van der Waals surface area contributed by atoms with Crippen molar-refractivity contribution in [2.24, 2.45) is 0 Å². The maximum atomic E-state index is 13.0. The predicted molar refractivity (Wildman–Crippen MR) is 121 cm³/mol. The van der Waals surface area contributed by atoms with Crippen molar-refractivity contribution < 1.29 is 23.5 Å². The zero-order chi connectivity index (χ0) is 23.5. The van der Waals surface area contributed by atoms with E-state index in [1.807, 2.05) is 6.92 Å². The van der Waals surface area contributed by atoms with Crippen molar-refractivity contribution in [2.75, 3.05) is 51.0 Å². The second kappa shape index (κ2) is 12.4. The van der Waals surface area contributed by atoms with Gasteiger partial charge < -0.3 is 20.3 Å². The molecule has 2 rings (SSSR count). The number of rotatable bonds is 11. The minimum absolute atomic E-state index is 0.00644. The molecule has 0 unspecified atom stereocenters. The molecule has 0 saturated heterocycles. The predicted octanol–water partition coefficient (Wildman–Crippen LogP) is 2.58. The van der Waals surface area contributed by atoms with Crippen LogP contribution < -0.4 is 15.4 Å². The van der Waals surface area contributed by atoms with E-state index < -0.39 is 11.7 Å². The fourth-order valence-corrected chi connectivity index (χ4v) is 3.02. The van der Waals surface area contributed by atoms with Gasteiger partial charge in [-0.05, 0) is 49.4 Å². The molecule has 2 aromatic carbocycles. The first kappa shape index (κ1) is 24.8. The van der Waals surface area contributed by atoms with Crippen LogP contribution in [0.1, 0.15) is 13.3 Å². The quantitative estimate of drug-likeness (QED) is 0.556. The number of carbonyl (C=O) groups excluding carboxylic acids is 3. The van der Waals surface area contributed by atoms with Crippen molar-refractivity contribution in [1.29, 1.82) is 0 Å². The Morgan fingerprint density at radius 3 is 2.25 bits per heavy atom. The van der Waals surface area contributed by atoms with Crippen LogP contribution in [0.25, 0.3) is 0 Å². The Balaban J connectivity index is 1.88. The molecule has 0 bridgehead atoms. The summed E-state index contributed by atoms with van der Waals surface area (Å²) in [4.78, 5) is 40.3. The van der Waals surface area contributed by atoms with Crippen molar-refractivity contribution >= 4 is 29.1 Å². The second-order valence-electron chi connectivity index (χ2n) is 7.26. The van der Waals surface area contributed by atoms with Gasteiger partial charge in [-0.1, -0.05) is 19.1 Å². The third-order valence-corrected chi connectivity index (χ3v) is 4.58. The number of carbonyl (C=O) groups is 3. The summed E-state index contributed by atoms with van der Waals surface area (Å²) in [5, 5.41) is 5.41. The summed E-state index contributed by atoms with van der Waals surface area (Å²) < 4.78 is 18.2. The first-order valence-electron chi connectivity index (χ1n) is 10.3. The topological polar surface area (TPSA) is 91.0 Å². The Bertz CT molecular complexity index is 920. The van der Waals surface area contributed by atoms with E-state index in [2.05, 4.69) is 10.6 Å². The van der Waals surface area contributed by atoms with Gasteiger partial charge in [0.1, 0.15) is 11.6 Å². The summed E-state index contributed by atoms with van der Waals surface area (Å²) in [5.74, 6) is -0.819. The summed E-state index contributed by atoms with van der Waals surface area (Å²) in [5.41, 5.74) is 0.996. The van der Waals surface area contributed by atoms with Gasteiger partial charge in [0.25, 0.3) is 0 Å². The molecule has 0 saturated carbocycles. The van der Waals surface area contributed by atoms with Gasteiger partial charge in [0.2, 0.25) is 17.7 Å². The van der Waals surface area contributed by atoms with Crippen LogP contribution in [-0.4, -0.2) is 67.9 Å². The lowest BCUT2D eigenvalue weighted by atomic mass is 10.3. The Morgan fingerprint density at radius 1 is 0.938 bits per heavy atom. The first-order valence-corrected chi connectivity index (χ1v) is 10.3. The molecule has 32 heavy (non-hydrogen) atoms. The monoisotopic (exact) mass is 444 g/mol. The minimum Gasteiger partial charge on any atom is -0.495 e. The van der Waals surface area contributed by atoms with Crippen LogP contribution in [0, 0.1) is 5.82 Å². The van der Waals surface area contributed by atoms with E-state index in [1.54, 1.807) is 29.2 Å². The van der Waals surface area contributed by atoms with Crippen LogP contribution in [0.4, 0.5) is 15.8 Å². The van der Waals surface area contributed by atoms with Crippen molar-refractivity contribution in [2.45, 2.75) is 13.3 Å².